The Labute approximate surface area is 343 Å². The van der Waals surface area contributed by atoms with Gasteiger partial charge in [0, 0.05) is 49.8 Å². The molecule has 5 aliphatic heterocycles. The van der Waals surface area contributed by atoms with Gasteiger partial charge in [-0.2, -0.15) is 0 Å². The molecule has 6 rings (SSSR count). The molecule has 17 atom stereocenters. The second kappa shape index (κ2) is 17.2. The van der Waals surface area contributed by atoms with Gasteiger partial charge in [-0.3, -0.25) is 4.79 Å². The molecule has 0 unspecified atom stereocenters. The summed E-state index contributed by atoms with van der Waals surface area (Å²) in [5, 5.41) is 20.8. The fraction of sp³-hybridized carbons (Fsp3) is 0.818. The van der Waals surface area contributed by atoms with Gasteiger partial charge in [0.2, 0.25) is 0 Å². The van der Waals surface area contributed by atoms with Crippen LogP contribution >= 0.6 is 11.6 Å². The van der Waals surface area contributed by atoms with E-state index >= 15 is 0 Å². The van der Waals surface area contributed by atoms with Gasteiger partial charge in [0.15, 0.2) is 5.79 Å². The summed E-state index contributed by atoms with van der Waals surface area (Å²) >= 11 is 6.16. The molecule has 0 aromatic heterocycles. The van der Waals surface area contributed by atoms with Crippen molar-refractivity contribution in [2.75, 3.05) is 14.2 Å². The first-order valence-electron chi connectivity index (χ1n) is 21.2. The summed E-state index contributed by atoms with van der Waals surface area (Å²) in [6.45, 7) is 16.6. The van der Waals surface area contributed by atoms with Crippen molar-refractivity contribution in [3.63, 3.8) is 0 Å². The Morgan fingerprint density at radius 3 is 2.28 bits per heavy atom. The highest BCUT2D eigenvalue weighted by atomic mass is 35.5. The number of hydrogen-bond donors (Lipinski definition) is 2. The third-order valence-corrected chi connectivity index (χ3v) is 14.9. The molecule has 5 heterocycles. The monoisotopic (exact) mass is 822 g/mol. The lowest BCUT2D eigenvalue weighted by molar-refractivity contribution is -0.339. The molecule has 0 aliphatic carbocycles. The number of rotatable bonds is 14. The van der Waals surface area contributed by atoms with E-state index in [4.69, 9.17) is 49.5 Å². The molecule has 0 saturated carbocycles. The Bertz CT molecular complexity index is 1560. The molecule has 5 fully saturated rings. The van der Waals surface area contributed by atoms with E-state index in [9.17, 15) is 19.8 Å². The van der Waals surface area contributed by atoms with Gasteiger partial charge in [0.1, 0.15) is 0 Å². The molecule has 0 amide bonds. The molecule has 5 saturated heterocycles. The molecule has 12 nitrogen and oxygen atoms in total. The van der Waals surface area contributed by atoms with Crippen LogP contribution in [0.4, 0.5) is 0 Å². The van der Waals surface area contributed by atoms with Gasteiger partial charge in [-0.05, 0) is 81.9 Å². The SMILES string of the molecule is CC[C@@]1([C@@H]2O[C@@H]([C@H]3O[C@@](OC)(C(=O)O)[C@H](C)C[C@@H]3C)C[C@@H]2C)CC[C@H]([C@]2(C)CC[C@]3(C[C@H](OCc4ccc(Cl)cc4)[C@@H](C)[C@@H]([C@@H](C)[C@@H](OC)[C@H](C)C(=O)O)O3)O2)O1. The lowest BCUT2D eigenvalue weighted by Gasteiger charge is -2.50. The smallest absolute Gasteiger partial charge is 0.364 e. The number of carbonyl (C=O) groups is 2. The zero-order valence-corrected chi connectivity index (χ0v) is 36.3. The Morgan fingerprint density at radius 1 is 0.965 bits per heavy atom. The van der Waals surface area contributed by atoms with Crippen LogP contribution in [0, 0.1) is 35.5 Å². The molecule has 1 spiro atoms. The number of methoxy groups -OCH3 is 2. The van der Waals surface area contributed by atoms with Crippen molar-refractivity contribution in [2.45, 2.75) is 179 Å². The molecule has 2 N–H and O–H groups in total. The number of halogens is 1. The topological polar surface area (TPSA) is 148 Å². The van der Waals surface area contributed by atoms with E-state index in [-0.39, 0.29) is 54.0 Å². The number of carboxylic acid groups (broad SMARTS) is 2. The van der Waals surface area contributed by atoms with Crippen LogP contribution < -0.4 is 0 Å². The number of hydrogen-bond acceptors (Lipinski definition) is 10. The van der Waals surface area contributed by atoms with Gasteiger partial charge in [-0.25, -0.2) is 4.79 Å². The molecule has 0 radical (unpaired) electrons. The maximum absolute atomic E-state index is 12.4. The zero-order valence-electron chi connectivity index (χ0n) is 35.5. The van der Waals surface area contributed by atoms with Crippen LogP contribution in [0.1, 0.15) is 112 Å². The van der Waals surface area contributed by atoms with Crippen molar-refractivity contribution in [3.05, 3.63) is 34.9 Å². The minimum atomic E-state index is -1.71. The molecular formula is C44H67ClO12. The molecule has 13 heteroatoms. The van der Waals surface area contributed by atoms with Crippen LogP contribution in [0.25, 0.3) is 0 Å². The highest BCUT2D eigenvalue weighted by Gasteiger charge is 2.63. The van der Waals surface area contributed by atoms with Crippen molar-refractivity contribution in [1.82, 2.24) is 0 Å². The van der Waals surface area contributed by atoms with Gasteiger partial charge in [-0.15, -0.1) is 0 Å². The maximum Gasteiger partial charge on any atom is 0.364 e. The van der Waals surface area contributed by atoms with E-state index < -0.39 is 58.9 Å². The maximum atomic E-state index is 12.4. The minimum absolute atomic E-state index is 0.0833. The highest BCUT2D eigenvalue weighted by Crippen LogP contribution is 2.55. The van der Waals surface area contributed by atoms with E-state index in [0.29, 0.717) is 37.3 Å². The summed E-state index contributed by atoms with van der Waals surface area (Å²) in [7, 11) is 2.96. The van der Waals surface area contributed by atoms with Crippen molar-refractivity contribution in [1.29, 1.82) is 0 Å². The summed E-state index contributed by atoms with van der Waals surface area (Å²) in [6.07, 6.45) is 3.16. The van der Waals surface area contributed by atoms with Crippen LogP contribution in [-0.2, 0) is 54.1 Å². The third kappa shape index (κ3) is 8.43. The largest absolute Gasteiger partial charge is 0.481 e. The predicted octanol–water partition coefficient (Wildman–Crippen LogP) is 7.90. The fourth-order valence-electron chi connectivity index (χ4n) is 11.2. The molecule has 5 aliphatic rings. The normalized spacial score (nSPS) is 43.9. The first-order valence-corrected chi connectivity index (χ1v) is 21.5. The van der Waals surface area contributed by atoms with Gasteiger partial charge in [0.05, 0.1) is 66.5 Å². The van der Waals surface area contributed by atoms with Gasteiger partial charge < -0.3 is 48.1 Å². The van der Waals surface area contributed by atoms with E-state index in [0.717, 1.165) is 31.2 Å². The van der Waals surface area contributed by atoms with Crippen LogP contribution in [0.5, 0.6) is 0 Å². The zero-order chi connectivity index (χ0) is 41.7. The molecule has 0 bridgehead atoms. The van der Waals surface area contributed by atoms with Gasteiger partial charge in [-0.1, -0.05) is 65.3 Å². The third-order valence-electron chi connectivity index (χ3n) is 14.6. The molecule has 1 aromatic rings. The summed E-state index contributed by atoms with van der Waals surface area (Å²) in [6, 6.07) is 7.63. The van der Waals surface area contributed by atoms with Crippen molar-refractivity contribution < 1.29 is 57.7 Å². The van der Waals surface area contributed by atoms with Crippen molar-refractivity contribution in [3.8, 4) is 0 Å². The quantitative estimate of drug-likeness (QED) is 0.188. The summed E-state index contributed by atoms with van der Waals surface area (Å²) < 4.78 is 52.9. The first-order chi connectivity index (χ1) is 26.9. The molecular weight excluding hydrogens is 756 g/mol. The van der Waals surface area contributed by atoms with E-state index in [1.165, 1.54) is 7.11 Å². The lowest BCUT2D eigenvalue weighted by atomic mass is 9.78. The highest BCUT2D eigenvalue weighted by molar-refractivity contribution is 6.30. The minimum Gasteiger partial charge on any atom is -0.481 e. The first kappa shape index (κ1) is 44.7. The Balaban J connectivity index is 1.20. The number of ether oxygens (including phenoxy) is 8. The van der Waals surface area contributed by atoms with E-state index in [1.54, 1.807) is 14.0 Å². The van der Waals surface area contributed by atoms with E-state index in [2.05, 4.69) is 34.6 Å². The number of aliphatic carboxylic acids is 2. The predicted molar refractivity (Wildman–Crippen MR) is 212 cm³/mol. The fourth-order valence-corrected chi connectivity index (χ4v) is 11.4. The second-order valence-corrected chi connectivity index (χ2v) is 18.8. The summed E-state index contributed by atoms with van der Waals surface area (Å²) in [5.41, 5.74) is -0.221. The second-order valence-electron chi connectivity index (χ2n) is 18.4. The van der Waals surface area contributed by atoms with Gasteiger partial charge in [0.25, 0.3) is 5.79 Å². The molecule has 1 aromatic carbocycles. The van der Waals surface area contributed by atoms with Crippen LogP contribution in [0.15, 0.2) is 24.3 Å². The Kier molecular flexibility index (Phi) is 13.5. The average molecular weight is 823 g/mol. The standard InChI is InChI=1S/C44H67ClO12/c1-11-42(38-25(3)21-32(53-38)35-24(2)20-26(4)44(51-10,56-35)40(48)49)17-16-34(54-42)41(8)18-19-43(57-41)22-33(52-23-30-12-14-31(45)15-13-30)27(5)37(55-43)28(6)36(50-9)29(7)39(46)47/h12-15,24-29,32-38H,11,16-23H2,1-10H3,(H,46,47)(H,48,49)/t24-,25-,26+,27+,28-,29-,32+,33-,34+,35-,36+,37-,38+,41-,42-,43+,44+/m0/s1. The van der Waals surface area contributed by atoms with E-state index in [1.807, 2.05) is 38.1 Å². The average Bonchev–Trinajstić information content (AvgIpc) is 3.89. The van der Waals surface area contributed by atoms with Crippen molar-refractivity contribution >= 4 is 23.5 Å². The Hall–Kier alpha value is -1.87. The van der Waals surface area contributed by atoms with Crippen LogP contribution in [-0.4, -0.2) is 102 Å². The molecule has 322 valence electrons. The van der Waals surface area contributed by atoms with Crippen LogP contribution in [0.2, 0.25) is 5.02 Å². The Morgan fingerprint density at radius 2 is 1.67 bits per heavy atom. The number of carboxylic acids is 2. The van der Waals surface area contributed by atoms with Crippen molar-refractivity contribution in [2.24, 2.45) is 35.5 Å². The van der Waals surface area contributed by atoms with Gasteiger partial charge >= 0.3 is 11.9 Å². The molecule has 57 heavy (non-hydrogen) atoms. The lowest BCUT2D eigenvalue weighted by Crippen LogP contribution is -2.59. The van der Waals surface area contributed by atoms with Crippen LogP contribution in [0.3, 0.4) is 0 Å². The summed E-state index contributed by atoms with van der Waals surface area (Å²) in [5.74, 6) is -5.89. The number of benzene rings is 1. The summed E-state index contributed by atoms with van der Waals surface area (Å²) in [4.78, 5) is 24.6.